The van der Waals surface area contributed by atoms with Gasteiger partial charge < -0.3 is 14.5 Å². The summed E-state index contributed by atoms with van der Waals surface area (Å²) in [7, 11) is -2.02. The topological polar surface area (TPSA) is 113 Å². The fraction of sp³-hybridized carbons (Fsp3) is 0.382. The zero-order chi connectivity index (χ0) is 33.2. The van der Waals surface area contributed by atoms with Crippen molar-refractivity contribution < 1.29 is 22.9 Å². The van der Waals surface area contributed by atoms with E-state index in [1.54, 1.807) is 60.5 Å². The second kappa shape index (κ2) is 16.2. The Kier molecular flexibility index (Phi) is 12.3. The number of non-ortho nitro benzene ring substituents is 1. The molecule has 10 nitrogen and oxygen atoms in total. The van der Waals surface area contributed by atoms with Crippen LogP contribution in [0.25, 0.3) is 0 Å². The van der Waals surface area contributed by atoms with Crippen molar-refractivity contribution in [1.82, 2.24) is 14.1 Å². The molecule has 1 fully saturated rings. The van der Waals surface area contributed by atoms with E-state index in [9.17, 15) is 23.3 Å². The summed E-state index contributed by atoms with van der Waals surface area (Å²) in [6.07, 6.45) is 3.46. The predicted octanol–water partition coefficient (Wildman–Crippen LogP) is 6.42. The maximum atomic E-state index is 13.4. The number of carbonyl (C=O) groups is 1. The number of likely N-dealkylation sites (tertiary alicyclic amines) is 1. The Balaban J connectivity index is 1.37. The highest BCUT2D eigenvalue weighted by atomic mass is 35.5. The third-order valence-electron chi connectivity index (χ3n) is 8.61. The van der Waals surface area contributed by atoms with Crippen LogP contribution in [-0.4, -0.2) is 79.4 Å². The summed E-state index contributed by atoms with van der Waals surface area (Å²) < 4.78 is 33.8. The summed E-state index contributed by atoms with van der Waals surface area (Å²) in [4.78, 5) is 27.9. The number of likely N-dealkylation sites (N-methyl/N-ethyl adjacent to an activating group) is 1. The quantitative estimate of drug-likeness (QED) is 0.144. The number of rotatable bonds is 14. The van der Waals surface area contributed by atoms with E-state index in [2.05, 4.69) is 24.0 Å². The molecule has 246 valence electrons. The number of amides is 1. The van der Waals surface area contributed by atoms with Gasteiger partial charge in [0.1, 0.15) is 6.61 Å². The number of hydrogen-bond donors (Lipinski definition) is 0. The Bertz CT molecular complexity index is 1570. The second-order valence-electron chi connectivity index (χ2n) is 11.8. The zero-order valence-corrected chi connectivity index (χ0v) is 27.8. The monoisotopic (exact) mass is 668 g/mol. The highest BCUT2D eigenvalue weighted by Crippen LogP contribution is 2.31. The second-order valence-corrected chi connectivity index (χ2v) is 14.1. The molecular weight excluding hydrogens is 628 g/mol. The summed E-state index contributed by atoms with van der Waals surface area (Å²) in [5, 5.41) is 10.9. The molecule has 1 atom stereocenters. The molecule has 3 aromatic carbocycles. The first kappa shape index (κ1) is 35.1. The van der Waals surface area contributed by atoms with Crippen LogP contribution in [0, 0.1) is 10.1 Å². The number of nitrogens with zero attached hydrogens (tertiary/aromatic N) is 4. The minimum atomic E-state index is -3.66. The van der Waals surface area contributed by atoms with Gasteiger partial charge in [0, 0.05) is 62.4 Å². The number of nitro benzene ring substituents is 1. The van der Waals surface area contributed by atoms with E-state index in [-0.39, 0.29) is 23.2 Å². The molecule has 0 aromatic heterocycles. The van der Waals surface area contributed by atoms with Gasteiger partial charge >= 0.3 is 6.09 Å². The van der Waals surface area contributed by atoms with Gasteiger partial charge in [-0.05, 0) is 61.2 Å². The van der Waals surface area contributed by atoms with Crippen LogP contribution >= 0.6 is 11.6 Å². The van der Waals surface area contributed by atoms with Crippen molar-refractivity contribution in [3.63, 3.8) is 0 Å². The van der Waals surface area contributed by atoms with E-state index in [1.807, 2.05) is 18.2 Å². The van der Waals surface area contributed by atoms with Crippen LogP contribution in [-0.2, 0) is 26.8 Å². The first-order valence-corrected chi connectivity index (χ1v) is 17.1. The van der Waals surface area contributed by atoms with Crippen LogP contribution in [0.4, 0.5) is 10.5 Å². The van der Waals surface area contributed by atoms with Crippen molar-refractivity contribution in [1.29, 1.82) is 0 Å². The van der Waals surface area contributed by atoms with Gasteiger partial charge in [-0.25, -0.2) is 17.5 Å². The van der Waals surface area contributed by atoms with Crippen molar-refractivity contribution in [2.45, 2.75) is 49.1 Å². The molecule has 12 heteroatoms. The molecule has 0 spiro atoms. The molecule has 1 heterocycles. The molecule has 1 aliphatic heterocycles. The normalized spacial score (nSPS) is 15.9. The fourth-order valence-corrected chi connectivity index (χ4v) is 7.23. The number of ether oxygens (including phenoxy) is 1. The number of nitro groups is 1. The van der Waals surface area contributed by atoms with Gasteiger partial charge in [0.25, 0.3) is 5.69 Å². The molecule has 0 bridgehead atoms. The van der Waals surface area contributed by atoms with E-state index in [4.69, 9.17) is 16.3 Å². The highest BCUT2D eigenvalue weighted by molar-refractivity contribution is 7.89. The van der Waals surface area contributed by atoms with Crippen molar-refractivity contribution in [3.05, 3.63) is 118 Å². The lowest BCUT2D eigenvalue weighted by Gasteiger charge is -2.40. The zero-order valence-electron chi connectivity index (χ0n) is 26.2. The Morgan fingerprint density at radius 2 is 1.65 bits per heavy atom. The van der Waals surface area contributed by atoms with Crippen LogP contribution in [0.3, 0.4) is 0 Å². The van der Waals surface area contributed by atoms with Crippen LogP contribution in [0.5, 0.6) is 0 Å². The first-order valence-electron chi connectivity index (χ1n) is 15.2. The Morgan fingerprint density at radius 1 is 1.04 bits per heavy atom. The SMILES string of the molecule is CN(CC(C)(CCN1CCC(N(CC=CCl)C(=O)OCc2ccc([N+](=O)[O-])cc2)CC1)c1ccccc1)S(=O)(=O)c1ccccc1. The molecule has 0 radical (unpaired) electrons. The Morgan fingerprint density at radius 3 is 2.24 bits per heavy atom. The third-order valence-corrected chi connectivity index (χ3v) is 10.6. The molecule has 0 N–H and O–H groups in total. The summed E-state index contributed by atoms with van der Waals surface area (Å²) in [5.41, 5.74) is 2.66. The molecule has 4 rings (SSSR count). The number of piperidine rings is 1. The maximum absolute atomic E-state index is 13.4. The van der Waals surface area contributed by atoms with Crippen LogP contribution in [0.2, 0.25) is 0 Å². The van der Waals surface area contributed by atoms with E-state index in [1.165, 1.54) is 22.0 Å². The number of sulfonamides is 1. The van der Waals surface area contributed by atoms with Gasteiger partial charge in [0.05, 0.1) is 9.82 Å². The van der Waals surface area contributed by atoms with E-state index in [0.29, 0.717) is 18.7 Å². The van der Waals surface area contributed by atoms with Gasteiger partial charge in [0.15, 0.2) is 0 Å². The van der Waals surface area contributed by atoms with Crippen LogP contribution in [0.1, 0.15) is 37.3 Å². The van der Waals surface area contributed by atoms with Gasteiger partial charge in [-0.15, -0.1) is 0 Å². The smallest absolute Gasteiger partial charge is 0.410 e. The average Bonchev–Trinajstić information content (AvgIpc) is 3.08. The molecule has 0 aliphatic carbocycles. The molecular formula is C34H41ClN4O6S. The van der Waals surface area contributed by atoms with Gasteiger partial charge in [-0.3, -0.25) is 10.1 Å². The maximum Gasteiger partial charge on any atom is 0.410 e. The largest absolute Gasteiger partial charge is 0.445 e. The van der Waals surface area contributed by atoms with E-state index in [0.717, 1.165) is 44.5 Å². The van der Waals surface area contributed by atoms with Gasteiger partial charge in [-0.1, -0.05) is 73.1 Å². The van der Waals surface area contributed by atoms with Crippen molar-refractivity contribution in [3.8, 4) is 0 Å². The number of hydrogen-bond acceptors (Lipinski definition) is 7. The fourth-order valence-electron chi connectivity index (χ4n) is 5.83. The lowest BCUT2D eigenvalue weighted by atomic mass is 9.79. The van der Waals surface area contributed by atoms with E-state index < -0.39 is 26.5 Å². The Labute approximate surface area is 276 Å². The first-order chi connectivity index (χ1) is 22.0. The number of halogens is 1. The van der Waals surface area contributed by atoms with Crippen molar-refractivity contribution in [2.24, 2.45) is 0 Å². The Hall–Kier alpha value is -3.77. The molecule has 1 saturated heterocycles. The third kappa shape index (κ3) is 9.16. The number of benzene rings is 3. The lowest BCUT2D eigenvalue weighted by Crippen LogP contribution is -2.48. The molecule has 0 saturated carbocycles. The predicted molar refractivity (Wildman–Crippen MR) is 179 cm³/mol. The van der Waals surface area contributed by atoms with Gasteiger partial charge in [-0.2, -0.15) is 0 Å². The molecule has 1 aliphatic rings. The molecule has 1 amide bonds. The standard InChI is InChI=1S/C34H41ClN4O6S/c1-34(29-10-5-3-6-11-29,27-36(2)46(43,44)32-12-7-4-8-13-32)20-25-37-23-18-30(19-24-37)38(22-9-21-35)33(40)45-26-28-14-16-31(17-15-28)39(41)42/h3-17,21,30H,18-20,22-27H2,1-2H3. The van der Waals surface area contributed by atoms with Crippen LogP contribution < -0.4 is 0 Å². The number of carbonyl (C=O) groups excluding carboxylic acids is 1. The highest BCUT2D eigenvalue weighted by Gasteiger charge is 2.34. The van der Waals surface area contributed by atoms with Crippen LogP contribution in [0.15, 0.2) is 101 Å². The van der Waals surface area contributed by atoms with Crippen molar-refractivity contribution >= 4 is 33.4 Å². The average molecular weight is 669 g/mol. The summed E-state index contributed by atoms with van der Waals surface area (Å²) in [5.74, 6) is 0. The molecule has 1 unspecified atom stereocenters. The van der Waals surface area contributed by atoms with E-state index >= 15 is 0 Å². The summed E-state index contributed by atoms with van der Waals surface area (Å²) in [6.45, 7) is 5.06. The molecule has 46 heavy (non-hydrogen) atoms. The minimum absolute atomic E-state index is 0.00324. The molecule has 3 aromatic rings. The summed E-state index contributed by atoms with van der Waals surface area (Å²) >= 11 is 5.80. The van der Waals surface area contributed by atoms with Gasteiger partial charge in [0.2, 0.25) is 10.0 Å². The summed E-state index contributed by atoms with van der Waals surface area (Å²) in [6, 6.07) is 24.4. The minimum Gasteiger partial charge on any atom is -0.445 e. The lowest BCUT2D eigenvalue weighted by molar-refractivity contribution is -0.384. The van der Waals surface area contributed by atoms with Crippen molar-refractivity contribution in [2.75, 3.05) is 39.8 Å².